The Bertz CT molecular complexity index is 1010. The van der Waals surface area contributed by atoms with Crippen LogP contribution in [0.1, 0.15) is 17.4 Å². The maximum atomic E-state index is 12.6. The van der Waals surface area contributed by atoms with Crippen molar-refractivity contribution in [3.63, 3.8) is 0 Å². The first-order valence-electron chi connectivity index (χ1n) is 8.75. The van der Waals surface area contributed by atoms with Crippen LogP contribution in [0.4, 0.5) is 17.2 Å². The summed E-state index contributed by atoms with van der Waals surface area (Å²) in [5.41, 5.74) is 1.57. The fraction of sp³-hybridized carbons (Fsp3) is 0.150. The molecular weight excluding hydrogens is 360 g/mol. The average Bonchev–Trinajstić information content (AvgIpc) is 3.18. The summed E-state index contributed by atoms with van der Waals surface area (Å²) in [6.45, 7) is 2.60. The molecule has 8 heteroatoms. The van der Waals surface area contributed by atoms with Gasteiger partial charge in [0, 0.05) is 17.8 Å². The summed E-state index contributed by atoms with van der Waals surface area (Å²) in [4.78, 5) is 20.8. The molecule has 4 rings (SSSR count). The lowest BCUT2D eigenvalue weighted by Crippen LogP contribution is -2.15. The van der Waals surface area contributed by atoms with Crippen LogP contribution in [0.2, 0.25) is 0 Å². The number of aromatic nitrogens is 2. The number of hydrogen-bond acceptors (Lipinski definition) is 7. The van der Waals surface area contributed by atoms with E-state index in [2.05, 4.69) is 20.6 Å². The van der Waals surface area contributed by atoms with Gasteiger partial charge in [0.2, 0.25) is 6.79 Å². The van der Waals surface area contributed by atoms with Gasteiger partial charge in [-0.3, -0.25) is 4.79 Å². The third kappa shape index (κ3) is 3.80. The van der Waals surface area contributed by atoms with Gasteiger partial charge in [0.05, 0.1) is 12.3 Å². The lowest BCUT2D eigenvalue weighted by Gasteiger charge is -2.11. The van der Waals surface area contributed by atoms with E-state index in [0.29, 0.717) is 35.4 Å². The molecule has 0 saturated heterocycles. The molecule has 1 amide bonds. The summed E-state index contributed by atoms with van der Waals surface area (Å²) in [6, 6.07) is 14.3. The molecule has 0 spiro atoms. The molecule has 0 aliphatic carbocycles. The first kappa shape index (κ1) is 17.6. The van der Waals surface area contributed by atoms with Crippen molar-refractivity contribution in [3.8, 4) is 17.2 Å². The van der Waals surface area contributed by atoms with Gasteiger partial charge in [-0.2, -0.15) is 0 Å². The van der Waals surface area contributed by atoms with E-state index >= 15 is 0 Å². The molecule has 8 nitrogen and oxygen atoms in total. The normalized spacial score (nSPS) is 11.8. The van der Waals surface area contributed by atoms with Gasteiger partial charge in [0.15, 0.2) is 11.5 Å². The molecule has 0 fully saturated rings. The van der Waals surface area contributed by atoms with Crippen LogP contribution in [0, 0.1) is 0 Å². The highest BCUT2D eigenvalue weighted by atomic mass is 16.7. The highest BCUT2D eigenvalue weighted by Crippen LogP contribution is 2.35. The predicted molar refractivity (Wildman–Crippen MR) is 103 cm³/mol. The molecule has 2 heterocycles. The molecule has 3 aromatic rings. The number of amides is 1. The molecule has 0 atom stereocenters. The van der Waals surface area contributed by atoms with E-state index in [1.807, 2.05) is 37.3 Å². The highest BCUT2D eigenvalue weighted by molar-refractivity contribution is 6.04. The van der Waals surface area contributed by atoms with Gasteiger partial charge in [-0.15, -0.1) is 0 Å². The number of para-hydroxylation sites is 2. The zero-order chi connectivity index (χ0) is 19.3. The van der Waals surface area contributed by atoms with Gasteiger partial charge in [-0.25, -0.2) is 9.97 Å². The summed E-state index contributed by atoms with van der Waals surface area (Å²) >= 11 is 0. The summed E-state index contributed by atoms with van der Waals surface area (Å²) in [5, 5.41) is 5.95. The van der Waals surface area contributed by atoms with Crippen molar-refractivity contribution in [3.05, 3.63) is 60.6 Å². The number of ether oxygens (including phenoxy) is 3. The van der Waals surface area contributed by atoms with Crippen molar-refractivity contribution < 1.29 is 19.0 Å². The van der Waals surface area contributed by atoms with Gasteiger partial charge in [-0.1, -0.05) is 12.1 Å². The van der Waals surface area contributed by atoms with Crippen LogP contribution >= 0.6 is 0 Å². The Balaban J connectivity index is 1.50. The summed E-state index contributed by atoms with van der Waals surface area (Å²) in [6.07, 6.45) is 1.33. The Morgan fingerprint density at radius 2 is 1.96 bits per heavy atom. The van der Waals surface area contributed by atoms with Crippen LogP contribution in [0.5, 0.6) is 17.2 Å². The van der Waals surface area contributed by atoms with E-state index in [0.717, 1.165) is 5.69 Å². The van der Waals surface area contributed by atoms with E-state index < -0.39 is 0 Å². The largest absolute Gasteiger partial charge is 0.492 e. The zero-order valence-electron chi connectivity index (χ0n) is 15.1. The number of fused-ring (bicyclic) bond motifs is 1. The number of benzene rings is 2. The smallest absolute Gasteiger partial charge is 0.274 e. The van der Waals surface area contributed by atoms with E-state index in [9.17, 15) is 4.79 Å². The molecule has 2 aromatic carbocycles. The number of carbonyl (C=O) groups is 1. The van der Waals surface area contributed by atoms with Crippen molar-refractivity contribution in [1.29, 1.82) is 0 Å². The van der Waals surface area contributed by atoms with E-state index in [1.165, 1.54) is 6.33 Å². The molecule has 28 heavy (non-hydrogen) atoms. The van der Waals surface area contributed by atoms with Crippen molar-refractivity contribution in [2.45, 2.75) is 6.92 Å². The minimum atomic E-state index is -0.358. The van der Waals surface area contributed by atoms with Crippen LogP contribution in [0.3, 0.4) is 0 Å². The Labute approximate surface area is 161 Å². The summed E-state index contributed by atoms with van der Waals surface area (Å²) < 4.78 is 16.2. The minimum Gasteiger partial charge on any atom is -0.492 e. The lowest BCUT2D eigenvalue weighted by atomic mass is 10.2. The van der Waals surface area contributed by atoms with Gasteiger partial charge in [-0.05, 0) is 31.2 Å². The van der Waals surface area contributed by atoms with Crippen LogP contribution in [0.25, 0.3) is 0 Å². The second kappa shape index (κ2) is 7.83. The molecule has 142 valence electrons. The number of hydrogen-bond donors (Lipinski definition) is 2. The first-order valence-corrected chi connectivity index (χ1v) is 8.75. The number of carbonyl (C=O) groups excluding carboxylic acids is 1. The zero-order valence-corrected chi connectivity index (χ0v) is 15.1. The number of nitrogens with one attached hydrogen (secondary N) is 2. The van der Waals surface area contributed by atoms with Crippen molar-refractivity contribution in [1.82, 2.24) is 9.97 Å². The van der Waals surface area contributed by atoms with Gasteiger partial charge < -0.3 is 24.8 Å². The molecule has 1 aliphatic heterocycles. The van der Waals surface area contributed by atoms with Gasteiger partial charge in [0.1, 0.15) is 23.6 Å². The minimum absolute atomic E-state index is 0.208. The van der Waals surface area contributed by atoms with Gasteiger partial charge >= 0.3 is 0 Å². The van der Waals surface area contributed by atoms with Crippen LogP contribution in [0.15, 0.2) is 54.9 Å². The SMILES string of the molecule is CCOc1ccccc1NC(=O)c1cc(Nc2ccc3c(c2)OCO3)ncn1. The average molecular weight is 378 g/mol. The third-order valence-electron chi connectivity index (χ3n) is 3.98. The van der Waals surface area contributed by atoms with Crippen molar-refractivity contribution in [2.75, 3.05) is 24.0 Å². The Morgan fingerprint density at radius 3 is 2.86 bits per heavy atom. The third-order valence-corrected chi connectivity index (χ3v) is 3.98. The van der Waals surface area contributed by atoms with Crippen molar-refractivity contribution in [2.24, 2.45) is 0 Å². The second-order valence-electron chi connectivity index (χ2n) is 5.86. The molecule has 0 radical (unpaired) electrons. The van der Waals surface area contributed by atoms with Crippen molar-refractivity contribution >= 4 is 23.1 Å². The maximum absolute atomic E-state index is 12.6. The first-order chi connectivity index (χ1) is 13.7. The Hall–Kier alpha value is -3.81. The van der Waals surface area contributed by atoms with Crippen LogP contribution < -0.4 is 24.8 Å². The van der Waals surface area contributed by atoms with Gasteiger partial charge in [0.25, 0.3) is 5.91 Å². The number of nitrogens with zero attached hydrogens (tertiary/aromatic N) is 2. The Morgan fingerprint density at radius 1 is 1.11 bits per heavy atom. The predicted octanol–water partition coefficient (Wildman–Crippen LogP) is 3.60. The molecule has 0 unspecified atom stereocenters. The lowest BCUT2D eigenvalue weighted by molar-refractivity contribution is 0.102. The second-order valence-corrected chi connectivity index (χ2v) is 5.86. The molecular formula is C20H18N4O4. The fourth-order valence-corrected chi connectivity index (χ4v) is 2.71. The van der Waals surface area contributed by atoms with E-state index in [4.69, 9.17) is 14.2 Å². The van der Waals surface area contributed by atoms with Crippen LogP contribution in [-0.2, 0) is 0 Å². The van der Waals surface area contributed by atoms with E-state index in [-0.39, 0.29) is 18.4 Å². The standard InChI is InChI=1S/C20H18N4O4/c1-2-26-16-6-4-3-5-14(16)24-20(25)15-10-19(22-11-21-15)23-13-7-8-17-18(9-13)28-12-27-17/h3-11H,2,12H2,1H3,(H,24,25)(H,21,22,23). The molecule has 0 saturated carbocycles. The monoisotopic (exact) mass is 378 g/mol. The van der Waals surface area contributed by atoms with Crippen LogP contribution in [-0.4, -0.2) is 29.3 Å². The fourth-order valence-electron chi connectivity index (χ4n) is 2.71. The quantitative estimate of drug-likeness (QED) is 0.677. The molecule has 0 bridgehead atoms. The summed E-state index contributed by atoms with van der Waals surface area (Å²) in [5.74, 6) is 2.08. The highest BCUT2D eigenvalue weighted by Gasteiger charge is 2.15. The number of anilines is 3. The maximum Gasteiger partial charge on any atom is 0.274 e. The topological polar surface area (TPSA) is 94.6 Å². The molecule has 2 N–H and O–H groups in total. The summed E-state index contributed by atoms with van der Waals surface area (Å²) in [7, 11) is 0. The number of rotatable bonds is 6. The Kier molecular flexibility index (Phi) is 4.92. The molecule has 1 aliphatic rings. The molecule has 1 aromatic heterocycles. The van der Waals surface area contributed by atoms with E-state index in [1.54, 1.807) is 18.2 Å².